The van der Waals surface area contributed by atoms with Crippen LogP contribution in [0.25, 0.3) is 0 Å². The molecule has 1 aliphatic heterocycles. The summed E-state index contributed by atoms with van der Waals surface area (Å²) in [6.07, 6.45) is 3.09. The molecule has 0 aromatic carbocycles. The molecule has 0 aromatic rings. The van der Waals surface area contributed by atoms with Crippen molar-refractivity contribution in [2.24, 2.45) is 5.92 Å². The molecule has 0 spiro atoms. The number of rotatable bonds is 6. The fourth-order valence-electron chi connectivity index (χ4n) is 2.08. The first-order chi connectivity index (χ1) is 8.93. The zero-order chi connectivity index (χ0) is 14.3. The van der Waals surface area contributed by atoms with Crippen molar-refractivity contribution >= 4 is 12.0 Å². The van der Waals surface area contributed by atoms with Gasteiger partial charge in [-0.2, -0.15) is 0 Å². The van der Waals surface area contributed by atoms with E-state index >= 15 is 0 Å². The van der Waals surface area contributed by atoms with E-state index in [1.54, 1.807) is 6.92 Å². The highest BCUT2D eigenvalue weighted by atomic mass is 16.5. The molecule has 2 amide bonds. The fourth-order valence-corrected chi connectivity index (χ4v) is 2.08. The number of carbonyl (C=O) groups excluding carboxylic acids is 1. The SMILES string of the molecule is CC(CCCNC(=O)NC1(C)CCCOC1)C(=O)O. The highest BCUT2D eigenvalue weighted by molar-refractivity contribution is 5.74. The molecule has 1 fully saturated rings. The lowest BCUT2D eigenvalue weighted by molar-refractivity contribution is -0.141. The number of carbonyl (C=O) groups is 2. The van der Waals surface area contributed by atoms with Gasteiger partial charge in [0.25, 0.3) is 0 Å². The predicted molar refractivity (Wildman–Crippen MR) is 71.0 cm³/mol. The van der Waals surface area contributed by atoms with E-state index < -0.39 is 5.97 Å². The van der Waals surface area contributed by atoms with Crippen molar-refractivity contribution < 1.29 is 19.4 Å². The van der Waals surface area contributed by atoms with Gasteiger partial charge >= 0.3 is 12.0 Å². The number of amides is 2. The third-order valence-electron chi connectivity index (χ3n) is 3.37. The molecule has 3 N–H and O–H groups in total. The highest BCUT2D eigenvalue weighted by Gasteiger charge is 2.29. The summed E-state index contributed by atoms with van der Waals surface area (Å²) in [6.45, 7) is 5.42. The Labute approximate surface area is 113 Å². The van der Waals surface area contributed by atoms with Gasteiger partial charge in [0.2, 0.25) is 0 Å². The van der Waals surface area contributed by atoms with Gasteiger partial charge in [0, 0.05) is 13.2 Å². The minimum absolute atomic E-state index is 0.212. The van der Waals surface area contributed by atoms with Crippen LogP contribution in [0.4, 0.5) is 4.79 Å². The molecule has 2 unspecified atom stereocenters. The second-order valence-electron chi connectivity index (χ2n) is 5.48. The molecule has 0 aromatic heterocycles. The first-order valence-corrected chi connectivity index (χ1v) is 6.79. The lowest BCUT2D eigenvalue weighted by Gasteiger charge is -2.34. The molecule has 1 rings (SSSR count). The molecule has 0 bridgehead atoms. The van der Waals surface area contributed by atoms with Crippen LogP contribution in [0.1, 0.15) is 39.5 Å². The van der Waals surface area contributed by atoms with E-state index in [9.17, 15) is 9.59 Å². The van der Waals surface area contributed by atoms with E-state index in [0.717, 1.165) is 19.4 Å². The number of hydrogen-bond acceptors (Lipinski definition) is 3. The van der Waals surface area contributed by atoms with Gasteiger partial charge in [0.15, 0.2) is 0 Å². The summed E-state index contributed by atoms with van der Waals surface area (Å²) in [6, 6.07) is -0.212. The van der Waals surface area contributed by atoms with Gasteiger partial charge in [0.1, 0.15) is 0 Å². The minimum atomic E-state index is -0.795. The van der Waals surface area contributed by atoms with Crippen LogP contribution in [-0.2, 0) is 9.53 Å². The predicted octanol–water partition coefficient (Wildman–Crippen LogP) is 1.36. The number of carboxylic acid groups (broad SMARTS) is 1. The minimum Gasteiger partial charge on any atom is -0.481 e. The zero-order valence-electron chi connectivity index (χ0n) is 11.7. The fraction of sp³-hybridized carbons (Fsp3) is 0.846. The molecule has 1 saturated heterocycles. The average molecular weight is 272 g/mol. The largest absolute Gasteiger partial charge is 0.481 e. The lowest BCUT2D eigenvalue weighted by Crippen LogP contribution is -2.54. The van der Waals surface area contributed by atoms with Crippen molar-refractivity contribution in [3.05, 3.63) is 0 Å². The van der Waals surface area contributed by atoms with Crippen molar-refractivity contribution in [1.29, 1.82) is 0 Å². The second kappa shape index (κ2) is 7.33. The van der Waals surface area contributed by atoms with Crippen molar-refractivity contribution in [3.63, 3.8) is 0 Å². The van der Waals surface area contributed by atoms with Gasteiger partial charge in [-0.25, -0.2) is 4.79 Å². The Balaban J connectivity index is 2.15. The molecule has 6 heteroatoms. The summed E-state index contributed by atoms with van der Waals surface area (Å²) in [5.74, 6) is -1.16. The first kappa shape index (κ1) is 15.8. The smallest absolute Gasteiger partial charge is 0.315 e. The van der Waals surface area contributed by atoms with Crippen LogP contribution < -0.4 is 10.6 Å². The van der Waals surface area contributed by atoms with Crippen LogP contribution >= 0.6 is 0 Å². The molecule has 6 nitrogen and oxygen atoms in total. The molecule has 0 saturated carbocycles. The van der Waals surface area contributed by atoms with E-state index in [0.29, 0.717) is 26.0 Å². The van der Waals surface area contributed by atoms with Gasteiger partial charge in [-0.05, 0) is 32.6 Å². The van der Waals surface area contributed by atoms with E-state index in [4.69, 9.17) is 9.84 Å². The molecule has 1 aliphatic rings. The molecule has 2 atom stereocenters. The normalized spacial score (nSPS) is 24.5. The molecule has 110 valence electrons. The number of nitrogens with one attached hydrogen (secondary N) is 2. The first-order valence-electron chi connectivity index (χ1n) is 6.79. The summed E-state index contributed by atoms with van der Waals surface area (Å²) in [7, 11) is 0. The standard InChI is InChI=1S/C13H24N2O4/c1-10(11(16)17)5-3-7-14-12(18)15-13(2)6-4-8-19-9-13/h10H,3-9H2,1-2H3,(H,16,17)(H2,14,15,18). The van der Waals surface area contributed by atoms with E-state index in [2.05, 4.69) is 10.6 Å². The number of urea groups is 1. The Morgan fingerprint density at radius 3 is 2.79 bits per heavy atom. The van der Waals surface area contributed by atoms with Crippen LogP contribution in [0, 0.1) is 5.92 Å². The Bertz CT molecular complexity index is 314. The number of carboxylic acids is 1. The van der Waals surface area contributed by atoms with Crippen LogP contribution in [-0.4, -0.2) is 42.4 Å². The lowest BCUT2D eigenvalue weighted by atomic mass is 9.95. The molecular formula is C13H24N2O4. The van der Waals surface area contributed by atoms with E-state index in [1.165, 1.54) is 0 Å². The number of hydrogen-bond donors (Lipinski definition) is 3. The van der Waals surface area contributed by atoms with E-state index in [1.807, 2.05) is 6.92 Å². The second-order valence-corrected chi connectivity index (χ2v) is 5.48. The Kier molecular flexibility index (Phi) is 6.08. The van der Waals surface area contributed by atoms with Gasteiger partial charge in [0.05, 0.1) is 18.1 Å². The maximum absolute atomic E-state index is 11.7. The Hall–Kier alpha value is -1.30. The van der Waals surface area contributed by atoms with Gasteiger partial charge in [-0.3, -0.25) is 4.79 Å². The average Bonchev–Trinajstić information content (AvgIpc) is 2.34. The maximum atomic E-state index is 11.7. The molecule has 1 heterocycles. The van der Waals surface area contributed by atoms with Gasteiger partial charge < -0.3 is 20.5 Å². The zero-order valence-corrected chi connectivity index (χ0v) is 11.7. The summed E-state index contributed by atoms with van der Waals surface area (Å²) in [4.78, 5) is 22.3. The topological polar surface area (TPSA) is 87.7 Å². The van der Waals surface area contributed by atoms with Crippen molar-refractivity contribution in [2.75, 3.05) is 19.8 Å². The highest BCUT2D eigenvalue weighted by Crippen LogP contribution is 2.17. The number of aliphatic carboxylic acids is 1. The number of ether oxygens (including phenoxy) is 1. The summed E-state index contributed by atoms with van der Waals surface area (Å²) < 4.78 is 5.36. The van der Waals surface area contributed by atoms with Crippen molar-refractivity contribution in [2.45, 2.75) is 45.1 Å². The molecule has 0 radical (unpaired) electrons. The third kappa shape index (κ3) is 5.92. The van der Waals surface area contributed by atoms with Crippen molar-refractivity contribution in [3.8, 4) is 0 Å². The van der Waals surface area contributed by atoms with Crippen LogP contribution in [0.2, 0.25) is 0 Å². The molecule has 19 heavy (non-hydrogen) atoms. The molecular weight excluding hydrogens is 248 g/mol. The van der Waals surface area contributed by atoms with E-state index in [-0.39, 0.29) is 17.5 Å². The summed E-state index contributed by atoms with van der Waals surface area (Å²) >= 11 is 0. The maximum Gasteiger partial charge on any atom is 0.315 e. The summed E-state index contributed by atoms with van der Waals surface area (Å²) in [5, 5.41) is 14.4. The van der Waals surface area contributed by atoms with Crippen LogP contribution in [0.5, 0.6) is 0 Å². The summed E-state index contributed by atoms with van der Waals surface area (Å²) in [5.41, 5.74) is -0.295. The monoisotopic (exact) mass is 272 g/mol. The Morgan fingerprint density at radius 2 is 2.21 bits per heavy atom. The van der Waals surface area contributed by atoms with Crippen LogP contribution in [0.15, 0.2) is 0 Å². The van der Waals surface area contributed by atoms with Crippen molar-refractivity contribution in [1.82, 2.24) is 10.6 Å². The quantitative estimate of drug-likeness (QED) is 0.637. The Morgan fingerprint density at radius 1 is 1.47 bits per heavy atom. The van der Waals surface area contributed by atoms with Crippen LogP contribution in [0.3, 0.4) is 0 Å². The third-order valence-corrected chi connectivity index (χ3v) is 3.37. The van der Waals surface area contributed by atoms with Gasteiger partial charge in [-0.1, -0.05) is 6.92 Å². The van der Waals surface area contributed by atoms with Gasteiger partial charge in [-0.15, -0.1) is 0 Å². The molecule has 0 aliphatic carbocycles.